The van der Waals surface area contributed by atoms with Crippen LogP contribution in [0.3, 0.4) is 0 Å². The van der Waals surface area contributed by atoms with Gasteiger partial charge in [0.1, 0.15) is 12.2 Å². The minimum Gasteiger partial charge on any atom is -0.496 e. The van der Waals surface area contributed by atoms with Crippen molar-refractivity contribution >= 4 is 40.2 Å². The quantitative estimate of drug-likeness (QED) is 0.608. The van der Waals surface area contributed by atoms with E-state index in [9.17, 15) is 0 Å². The van der Waals surface area contributed by atoms with Gasteiger partial charge in [-0.25, -0.2) is 0 Å². The Kier molecular flexibility index (Phi) is 1.54. The predicted molar refractivity (Wildman–Crippen MR) is 75.7 cm³/mol. The molecule has 1 aliphatic heterocycles. The summed E-state index contributed by atoms with van der Waals surface area (Å²) < 4.78 is 11.3. The Morgan fingerprint density at radius 3 is 3.05 bits per heavy atom. The molecule has 90 valence electrons. The van der Waals surface area contributed by atoms with Crippen molar-refractivity contribution in [2.75, 3.05) is 0 Å². The van der Waals surface area contributed by atoms with Crippen LogP contribution in [0.2, 0.25) is 0 Å². The molecule has 1 aliphatic carbocycles. The highest BCUT2D eigenvalue weighted by atomic mass is 16.5. The largest absolute Gasteiger partial charge is 0.496 e. The third-order valence-electron chi connectivity index (χ3n) is 4.03. The third kappa shape index (κ3) is 1.07. The SMILES string of the molecule is C1=Cc2ccc3c4c5c(coc5cc3c2=C1)COC=4. The van der Waals surface area contributed by atoms with E-state index in [1.807, 2.05) is 12.5 Å². The second-order valence-corrected chi connectivity index (χ2v) is 5.04. The van der Waals surface area contributed by atoms with E-state index in [-0.39, 0.29) is 0 Å². The molecule has 0 atom stereocenters. The van der Waals surface area contributed by atoms with Crippen molar-refractivity contribution in [2.24, 2.45) is 0 Å². The van der Waals surface area contributed by atoms with Gasteiger partial charge in [0.05, 0.1) is 12.5 Å². The lowest BCUT2D eigenvalue weighted by Crippen LogP contribution is -2.14. The Bertz CT molecular complexity index is 1000. The Morgan fingerprint density at radius 1 is 1.05 bits per heavy atom. The van der Waals surface area contributed by atoms with Crippen molar-refractivity contribution in [1.29, 1.82) is 0 Å². The van der Waals surface area contributed by atoms with Crippen molar-refractivity contribution in [2.45, 2.75) is 6.61 Å². The predicted octanol–water partition coefficient (Wildman–Crippen LogP) is 2.66. The average molecular weight is 246 g/mol. The monoisotopic (exact) mass is 246 g/mol. The van der Waals surface area contributed by atoms with Crippen molar-refractivity contribution in [3.05, 3.63) is 52.1 Å². The maximum Gasteiger partial charge on any atom is 0.135 e. The zero-order valence-corrected chi connectivity index (χ0v) is 10.1. The number of hydrogen-bond acceptors (Lipinski definition) is 2. The van der Waals surface area contributed by atoms with Gasteiger partial charge in [-0.1, -0.05) is 30.4 Å². The van der Waals surface area contributed by atoms with Gasteiger partial charge in [-0.05, 0) is 27.6 Å². The molecule has 0 unspecified atom stereocenters. The van der Waals surface area contributed by atoms with Gasteiger partial charge < -0.3 is 9.15 Å². The maximum absolute atomic E-state index is 5.69. The summed E-state index contributed by atoms with van der Waals surface area (Å²) in [5.74, 6) is 0. The second kappa shape index (κ2) is 3.09. The van der Waals surface area contributed by atoms with Crippen LogP contribution < -0.4 is 10.4 Å². The number of benzene rings is 2. The van der Waals surface area contributed by atoms with E-state index in [2.05, 4.69) is 36.4 Å². The van der Waals surface area contributed by atoms with Gasteiger partial charge in [-0.3, -0.25) is 0 Å². The highest BCUT2D eigenvalue weighted by Gasteiger charge is 2.15. The zero-order chi connectivity index (χ0) is 12.4. The van der Waals surface area contributed by atoms with Crippen molar-refractivity contribution in [3.8, 4) is 0 Å². The highest BCUT2D eigenvalue weighted by molar-refractivity contribution is 6.00. The summed E-state index contributed by atoms with van der Waals surface area (Å²) in [6.45, 7) is 0.601. The first kappa shape index (κ1) is 9.45. The molecule has 0 saturated heterocycles. The molecule has 0 radical (unpaired) electrons. The maximum atomic E-state index is 5.69. The summed E-state index contributed by atoms with van der Waals surface area (Å²) in [5.41, 5.74) is 3.35. The van der Waals surface area contributed by atoms with Crippen molar-refractivity contribution in [1.82, 2.24) is 0 Å². The Labute approximate surface area is 108 Å². The van der Waals surface area contributed by atoms with E-state index < -0.39 is 0 Å². The summed E-state index contributed by atoms with van der Waals surface area (Å²) in [7, 11) is 0. The van der Waals surface area contributed by atoms with Gasteiger partial charge in [-0.2, -0.15) is 0 Å². The standard InChI is InChI=1S/C17H10O2/c1-2-10-4-5-13-14(12(10)3-1)6-16-17-11(8-19-16)7-18-9-15(13)17/h1-6,8-9H,7H2. The summed E-state index contributed by atoms with van der Waals surface area (Å²) in [5, 5.41) is 6.07. The summed E-state index contributed by atoms with van der Waals surface area (Å²) >= 11 is 0. The van der Waals surface area contributed by atoms with Gasteiger partial charge in [0.2, 0.25) is 0 Å². The van der Waals surface area contributed by atoms with E-state index in [1.54, 1.807) is 0 Å². The van der Waals surface area contributed by atoms with Gasteiger partial charge in [0.25, 0.3) is 0 Å². The van der Waals surface area contributed by atoms with Crippen LogP contribution in [-0.2, 0) is 11.3 Å². The smallest absolute Gasteiger partial charge is 0.135 e. The summed E-state index contributed by atoms with van der Waals surface area (Å²) in [6, 6.07) is 6.50. The molecule has 5 rings (SSSR count). The first-order valence-corrected chi connectivity index (χ1v) is 6.38. The molecule has 2 aliphatic rings. The second-order valence-electron chi connectivity index (χ2n) is 5.04. The van der Waals surface area contributed by atoms with Crippen LogP contribution in [0.4, 0.5) is 0 Å². The molecule has 0 N–H and O–H groups in total. The molecule has 0 bridgehead atoms. The van der Waals surface area contributed by atoms with E-state index in [0.29, 0.717) is 6.61 Å². The number of hydrogen-bond donors (Lipinski definition) is 0. The van der Waals surface area contributed by atoms with E-state index >= 15 is 0 Å². The first-order valence-electron chi connectivity index (χ1n) is 6.38. The number of ether oxygens (including phenoxy) is 1. The molecular formula is C17H10O2. The molecule has 19 heavy (non-hydrogen) atoms. The fourth-order valence-corrected chi connectivity index (χ4v) is 3.15. The van der Waals surface area contributed by atoms with E-state index in [1.165, 1.54) is 26.9 Å². The van der Waals surface area contributed by atoms with Crippen LogP contribution in [0, 0.1) is 0 Å². The van der Waals surface area contributed by atoms with E-state index in [0.717, 1.165) is 16.4 Å². The molecule has 1 aromatic heterocycles. The molecule has 0 amide bonds. The van der Waals surface area contributed by atoms with Crippen molar-refractivity contribution < 1.29 is 9.15 Å². The van der Waals surface area contributed by atoms with Gasteiger partial charge >= 0.3 is 0 Å². The summed E-state index contributed by atoms with van der Waals surface area (Å²) in [6.07, 6.45) is 10.1. The normalized spacial score (nSPS) is 15.2. The van der Waals surface area contributed by atoms with Crippen LogP contribution in [-0.4, -0.2) is 0 Å². The Hall–Kier alpha value is -2.48. The van der Waals surface area contributed by atoms with Crippen LogP contribution in [0.15, 0.2) is 35.0 Å². The molecule has 2 heteroatoms. The Balaban J connectivity index is 2.16. The minimum absolute atomic E-state index is 0.601. The van der Waals surface area contributed by atoms with Gasteiger partial charge in [0, 0.05) is 16.2 Å². The molecule has 3 aromatic rings. The first-order chi connectivity index (χ1) is 9.42. The zero-order valence-electron chi connectivity index (χ0n) is 10.1. The fraction of sp³-hybridized carbons (Fsp3) is 0.0588. The average Bonchev–Trinajstić information content (AvgIpc) is 3.07. The number of allylic oxidation sites excluding steroid dienone is 1. The lowest BCUT2D eigenvalue weighted by atomic mass is 9.99. The molecule has 2 heterocycles. The van der Waals surface area contributed by atoms with E-state index in [4.69, 9.17) is 9.15 Å². The topological polar surface area (TPSA) is 22.4 Å². The Morgan fingerprint density at radius 2 is 2.05 bits per heavy atom. The molecule has 0 saturated carbocycles. The van der Waals surface area contributed by atoms with Gasteiger partial charge in [0.15, 0.2) is 0 Å². The number of fused-ring (bicyclic) bond motifs is 4. The molecular weight excluding hydrogens is 236 g/mol. The fourth-order valence-electron chi connectivity index (χ4n) is 3.15. The van der Waals surface area contributed by atoms with Crippen LogP contribution >= 0.6 is 0 Å². The summed E-state index contributed by atoms with van der Waals surface area (Å²) in [4.78, 5) is 0. The van der Waals surface area contributed by atoms with Crippen molar-refractivity contribution in [3.63, 3.8) is 0 Å². The molecule has 0 spiro atoms. The minimum atomic E-state index is 0.601. The molecule has 0 fully saturated rings. The molecule has 2 nitrogen and oxygen atoms in total. The van der Waals surface area contributed by atoms with Crippen LogP contribution in [0.25, 0.3) is 40.2 Å². The number of furan rings is 1. The number of rotatable bonds is 0. The lowest BCUT2D eigenvalue weighted by Gasteiger charge is -2.09. The lowest BCUT2D eigenvalue weighted by molar-refractivity contribution is 0.278. The highest BCUT2D eigenvalue weighted by Crippen LogP contribution is 2.25. The molecule has 2 aromatic carbocycles. The van der Waals surface area contributed by atoms with Crippen LogP contribution in [0.1, 0.15) is 11.1 Å². The van der Waals surface area contributed by atoms with Gasteiger partial charge in [-0.15, -0.1) is 0 Å². The third-order valence-corrected chi connectivity index (χ3v) is 4.03. The van der Waals surface area contributed by atoms with Crippen LogP contribution in [0.5, 0.6) is 0 Å².